The minimum atomic E-state index is -0.442. The Bertz CT molecular complexity index is 582. The monoisotopic (exact) mass is 386 g/mol. The molecular formula is C24H38N2O2. The van der Waals surface area contributed by atoms with Gasteiger partial charge in [-0.3, -0.25) is 9.59 Å². The summed E-state index contributed by atoms with van der Waals surface area (Å²) < 4.78 is 0. The summed E-state index contributed by atoms with van der Waals surface area (Å²) in [6.45, 7) is 9.02. The maximum atomic E-state index is 13.1. The summed E-state index contributed by atoms with van der Waals surface area (Å²) in [6.07, 6.45) is 9.54. The smallest absolute Gasteiger partial charge is 0.245 e. The number of amides is 2. The van der Waals surface area contributed by atoms with Gasteiger partial charge >= 0.3 is 0 Å². The second-order valence-electron chi connectivity index (χ2n) is 7.32. The second-order valence-corrected chi connectivity index (χ2v) is 7.32. The number of benzene rings is 1. The minimum absolute atomic E-state index is 0.0362. The topological polar surface area (TPSA) is 40.6 Å². The fraction of sp³-hybridized carbons (Fsp3) is 0.583. The molecule has 1 rings (SSSR count). The molecule has 1 aromatic carbocycles. The fourth-order valence-corrected chi connectivity index (χ4v) is 3.42. The number of nitrogens with zero attached hydrogens (tertiary/aromatic N) is 2. The Labute approximate surface area is 171 Å². The predicted molar refractivity (Wildman–Crippen MR) is 117 cm³/mol. The van der Waals surface area contributed by atoms with Gasteiger partial charge in [0.2, 0.25) is 11.8 Å². The Hall–Kier alpha value is -2.10. The average molecular weight is 387 g/mol. The van der Waals surface area contributed by atoms with E-state index in [1.165, 1.54) is 12.8 Å². The van der Waals surface area contributed by atoms with Crippen LogP contribution in [0.1, 0.15) is 64.4 Å². The lowest BCUT2D eigenvalue weighted by Crippen LogP contribution is -2.50. The van der Waals surface area contributed by atoms with Gasteiger partial charge < -0.3 is 9.80 Å². The van der Waals surface area contributed by atoms with E-state index in [1.807, 2.05) is 55.2 Å². The van der Waals surface area contributed by atoms with Crippen molar-refractivity contribution >= 4 is 11.8 Å². The van der Waals surface area contributed by atoms with Crippen molar-refractivity contribution < 1.29 is 9.59 Å². The van der Waals surface area contributed by atoms with Crippen LogP contribution in [-0.4, -0.2) is 47.8 Å². The largest absolute Gasteiger partial charge is 0.341 e. The Morgan fingerprint density at radius 3 is 2.21 bits per heavy atom. The normalized spacial score (nSPS) is 11.7. The zero-order valence-corrected chi connectivity index (χ0v) is 18.0. The molecule has 0 unspecified atom stereocenters. The van der Waals surface area contributed by atoms with Crippen LogP contribution in [0.15, 0.2) is 43.0 Å². The lowest BCUT2D eigenvalue weighted by Gasteiger charge is -2.32. The maximum absolute atomic E-state index is 13.1. The van der Waals surface area contributed by atoms with Gasteiger partial charge in [-0.25, -0.2) is 0 Å². The van der Waals surface area contributed by atoms with Crippen LogP contribution in [-0.2, 0) is 16.0 Å². The lowest BCUT2D eigenvalue weighted by atomic mass is 10.0. The van der Waals surface area contributed by atoms with E-state index in [1.54, 1.807) is 11.9 Å². The first-order valence-corrected chi connectivity index (χ1v) is 10.7. The molecule has 28 heavy (non-hydrogen) atoms. The van der Waals surface area contributed by atoms with E-state index in [0.29, 0.717) is 25.9 Å². The van der Waals surface area contributed by atoms with Crippen molar-refractivity contribution in [1.82, 2.24) is 9.80 Å². The van der Waals surface area contributed by atoms with Gasteiger partial charge in [-0.05, 0) is 38.7 Å². The van der Waals surface area contributed by atoms with Gasteiger partial charge in [-0.2, -0.15) is 0 Å². The Kier molecular flexibility index (Phi) is 11.9. The molecule has 0 saturated carbocycles. The van der Waals surface area contributed by atoms with Gasteiger partial charge in [0.05, 0.1) is 0 Å². The van der Waals surface area contributed by atoms with Crippen LogP contribution in [0.5, 0.6) is 0 Å². The first-order chi connectivity index (χ1) is 13.5. The summed E-state index contributed by atoms with van der Waals surface area (Å²) in [6, 6.07) is 9.51. The second kappa shape index (κ2) is 14.0. The third kappa shape index (κ3) is 8.28. The Morgan fingerprint density at radius 2 is 1.61 bits per heavy atom. The molecule has 0 aliphatic rings. The summed E-state index contributed by atoms with van der Waals surface area (Å²) in [4.78, 5) is 29.3. The maximum Gasteiger partial charge on any atom is 0.245 e. The molecule has 0 aliphatic heterocycles. The van der Waals surface area contributed by atoms with Crippen LogP contribution in [0.2, 0.25) is 0 Å². The molecule has 4 heteroatoms. The summed E-state index contributed by atoms with van der Waals surface area (Å²) in [7, 11) is 1.78. The fourth-order valence-electron chi connectivity index (χ4n) is 3.42. The number of unbranched alkanes of at least 4 members (excludes halogenated alkanes) is 5. The van der Waals surface area contributed by atoms with Crippen molar-refractivity contribution in [3.8, 4) is 0 Å². The zero-order valence-electron chi connectivity index (χ0n) is 18.0. The molecule has 0 fully saturated rings. The molecule has 0 bridgehead atoms. The number of hydrogen-bond acceptors (Lipinski definition) is 2. The molecule has 1 aromatic rings. The molecule has 0 spiro atoms. The summed E-state index contributed by atoms with van der Waals surface area (Å²) in [5, 5.41) is 0. The van der Waals surface area contributed by atoms with Crippen molar-refractivity contribution in [3.05, 3.63) is 48.6 Å². The van der Waals surface area contributed by atoms with E-state index in [4.69, 9.17) is 0 Å². The van der Waals surface area contributed by atoms with Crippen LogP contribution < -0.4 is 0 Å². The van der Waals surface area contributed by atoms with Crippen LogP contribution >= 0.6 is 0 Å². The highest BCUT2D eigenvalue weighted by Gasteiger charge is 2.29. The Balaban J connectivity index is 2.66. The molecule has 0 N–H and O–H groups in total. The van der Waals surface area contributed by atoms with E-state index in [2.05, 4.69) is 6.58 Å². The first-order valence-electron chi connectivity index (χ1n) is 10.7. The van der Waals surface area contributed by atoms with Crippen molar-refractivity contribution in [2.75, 3.05) is 20.1 Å². The van der Waals surface area contributed by atoms with Crippen molar-refractivity contribution in [3.63, 3.8) is 0 Å². The van der Waals surface area contributed by atoms with E-state index in [0.717, 1.165) is 31.2 Å². The third-order valence-corrected chi connectivity index (χ3v) is 5.29. The van der Waals surface area contributed by atoms with E-state index in [-0.39, 0.29) is 11.8 Å². The van der Waals surface area contributed by atoms with E-state index in [9.17, 15) is 9.59 Å². The van der Waals surface area contributed by atoms with Crippen molar-refractivity contribution in [2.24, 2.45) is 0 Å². The highest BCUT2D eigenvalue weighted by atomic mass is 16.2. The first kappa shape index (κ1) is 23.9. The number of rotatable bonds is 14. The molecule has 0 heterocycles. The molecular weight excluding hydrogens is 348 g/mol. The van der Waals surface area contributed by atoms with Gasteiger partial charge in [0.15, 0.2) is 0 Å². The third-order valence-electron chi connectivity index (χ3n) is 5.29. The summed E-state index contributed by atoms with van der Waals surface area (Å²) >= 11 is 0. The Morgan fingerprint density at radius 1 is 1.00 bits per heavy atom. The van der Waals surface area contributed by atoms with Crippen molar-refractivity contribution in [1.29, 1.82) is 0 Å². The SMILES string of the molecule is C=CCCCCCCCC(=O)N(C)[C@H](Cc1ccccc1)C(=O)N(CC)CC. The number of carbonyl (C=O) groups excluding carboxylic acids is 2. The van der Waals surface area contributed by atoms with Gasteiger partial charge in [-0.1, -0.05) is 55.7 Å². The molecule has 1 atom stereocenters. The van der Waals surface area contributed by atoms with Gasteiger partial charge in [0, 0.05) is 33.0 Å². The molecule has 2 amide bonds. The standard InChI is InChI=1S/C24H38N2O2/c1-5-8-9-10-11-12-16-19-23(27)25(4)22(24(28)26(6-2)7-3)20-21-17-14-13-15-18-21/h5,13-15,17-18,22H,1,6-12,16,19-20H2,2-4H3/t22-/m1/s1. The molecule has 156 valence electrons. The number of carbonyl (C=O) groups is 2. The summed E-state index contributed by atoms with van der Waals surface area (Å²) in [5.41, 5.74) is 1.08. The summed E-state index contributed by atoms with van der Waals surface area (Å²) in [5.74, 6) is 0.0988. The van der Waals surface area contributed by atoms with Crippen LogP contribution in [0.3, 0.4) is 0 Å². The highest BCUT2D eigenvalue weighted by molar-refractivity contribution is 5.87. The molecule has 0 aromatic heterocycles. The van der Waals surface area contributed by atoms with E-state index >= 15 is 0 Å². The average Bonchev–Trinajstić information content (AvgIpc) is 2.72. The van der Waals surface area contributed by atoms with Crippen molar-refractivity contribution in [2.45, 2.75) is 71.3 Å². The lowest BCUT2D eigenvalue weighted by molar-refractivity contribution is -0.144. The zero-order chi connectivity index (χ0) is 20.8. The highest BCUT2D eigenvalue weighted by Crippen LogP contribution is 2.14. The predicted octanol–water partition coefficient (Wildman–Crippen LogP) is 4.84. The number of allylic oxidation sites excluding steroid dienone is 1. The number of likely N-dealkylation sites (N-methyl/N-ethyl adjacent to an activating group) is 2. The molecule has 0 saturated heterocycles. The van der Waals surface area contributed by atoms with Gasteiger partial charge in [0.1, 0.15) is 6.04 Å². The van der Waals surface area contributed by atoms with Crippen LogP contribution in [0.25, 0.3) is 0 Å². The quantitative estimate of drug-likeness (QED) is 0.339. The van der Waals surface area contributed by atoms with Gasteiger partial charge in [0.25, 0.3) is 0 Å². The van der Waals surface area contributed by atoms with Gasteiger partial charge in [-0.15, -0.1) is 6.58 Å². The molecule has 0 aliphatic carbocycles. The molecule has 0 radical (unpaired) electrons. The minimum Gasteiger partial charge on any atom is -0.341 e. The van der Waals surface area contributed by atoms with Crippen LogP contribution in [0, 0.1) is 0 Å². The number of hydrogen-bond donors (Lipinski definition) is 0. The van der Waals surface area contributed by atoms with E-state index < -0.39 is 6.04 Å². The molecule has 4 nitrogen and oxygen atoms in total. The van der Waals surface area contributed by atoms with Crippen LogP contribution in [0.4, 0.5) is 0 Å².